The van der Waals surface area contributed by atoms with Gasteiger partial charge < -0.3 is 14.2 Å². The van der Waals surface area contributed by atoms with Gasteiger partial charge in [-0.25, -0.2) is 13.4 Å². The Labute approximate surface area is 223 Å². The fourth-order valence-electron chi connectivity index (χ4n) is 4.34. The number of pyridine rings is 1. The number of aromatic nitrogens is 1. The minimum absolute atomic E-state index is 0.0709. The average Bonchev–Trinajstić information content (AvgIpc) is 2.91. The zero-order chi connectivity index (χ0) is 26.5. The number of likely N-dealkylation sites (tertiary alicyclic amines) is 1. The van der Waals surface area contributed by atoms with Gasteiger partial charge >= 0.3 is 0 Å². The second-order valence-corrected chi connectivity index (χ2v) is 11.3. The van der Waals surface area contributed by atoms with Crippen LogP contribution in [-0.4, -0.2) is 50.9 Å². The Kier molecular flexibility index (Phi) is 7.62. The van der Waals surface area contributed by atoms with Gasteiger partial charge in [0.05, 0.1) is 7.11 Å². The number of hydrogen-bond acceptors (Lipinski definition) is 7. The molecule has 0 bridgehead atoms. The number of ether oxygens (including phenoxy) is 3. The fraction of sp³-hybridized carbons (Fsp3) is 0.233. The summed E-state index contributed by atoms with van der Waals surface area (Å²) in [4.78, 5) is 6.39. The zero-order valence-corrected chi connectivity index (χ0v) is 22.2. The van der Waals surface area contributed by atoms with Crippen LogP contribution in [0.3, 0.4) is 0 Å². The van der Waals surface area contributed by atoms with E-state index in [-0.39, 0.29) is 11.1 Å². The van der Waals surface area contributed by atoms with E-state index in [9.17, 15) is 8.42 Å². The predicted octanol–water partition coefficient (Wildman–Crippen LogP) is 5.00. The van der Waals surface area contributed by atoms with Gasteiger partial charge in [0.25, 0.3) is 0 Å². The molecule has 0 spiro atoms. The summed E-state index contributed by atoms with van der Waals surface area (Å²) in [6.07, 6.45) is 2.86. The molecule has 0 radical (unpaired) electrons. The van der Waals surface area contributed by atoms with Crippen molar-refractivity contribution in [1.29, 1.82) is 0 Å². The molecule has 196 valence electrons. The third kappa shape index (κ3) is 6.33. The van der Waals surface area contributed by atoms with E-state index in [1.807, 2.05) is 66.7 Å². The minimum atomic E-state index is -3.31. The normalized spacial score (nSPS) is 14.1. The topological polar surface area (TPSA) is 78.0 Å². The molecule has 1 aliphatic heterocycles. The molecule has 1 saturated heterocycles. The van der Waals surface area contributed by atoms with Gasteiger partial charge in [-0.2, -0.15) is 0 Å². The summed E-state index contributed by atoms with van der Waals surface area (Å²) < 4.78 is 40.9. The molecular weight excluding hydrogens is 500 g/mol. The molecule has 1 aromatic heterocycles. The number of benzene rings is 3. The van der Waals surface area contributed by atoms with Gasteiger partial charge in [0.15, 0.2) is 26.4 Å². The molecule has 38 heavy (non-hydrogen) atoms. The maximum absolute atomic E-state index is 11.6. The van der Waals surface area contributed by atoms with Gasteiger partial charge in [0, 0.05) is 37.7 Å². The van der Waals surface area contributed by atoms with Crippen molar-refractivity contribution in [1.82, 2.24) is 9.88 Å². The van der Waals surface area contributed by atoms with E-state index in [1.165, 1.54) is 6.07 Å². The second kappa shape index (κ2) is 11.2. The van der Waals surface area contributed by atoms with E-state index in [0.717, 1.165) is 65.4 Å². The minimum Gasteiger partial charge on any atom is -0.493 e. The van der Waals surface area contributed by atoms with Crippen molar-refractivity contribution >= 4 is 9.84 Å². The van der Waals surface area contributed by atoms with Crippen LogP contribution in [0, 0.1) is 0 Å². The van der Waals surface area contributed by atoms with Crippen molar-refractivity contribution in [3.63, 3.8) is 0 Å². The summed E-state index contributed by atoms with van der Waals surface area (Å²) in [6, 6.07) is 27.2. The summed E-state index contributed by atoms with van der Waals surface area (Å²) in [5.41, 5.74) is 4.07. The van der Waals surface area contributed by atoms with Crippen LogP contribution in [0.25, 0.3) is 11.1 Å². The average molecular weight is 531 g/mol. The van der Waals surface area contributed by atoms with Gasteiger partial charge in [-0.05, 0) is 53.1 Å². The molecule has 0 unspecified atom stereocenters. The van der Waals surface area contributed by atoms with Crippen LogP contribution in [-0.2, 0) is 23.0 Å². The quantitative estimate of drug-likeness (QED) is 0.285. The van der Waals surface area contributed by atoms with Crippen molar-refractivity contribution in [3.05, 3.63) is 102 Å². The molecule has 0 saturated carbocycles. The van der Waals surface area contributed by atoms with Crippen LogP contribution in [0.2, 0.25) is 0 Å². The second-order valence-electron chi connectivity index (χ2n) is 9.38. The van der Waals surface area contributed by atoms with Gasteiger partial charge in [-0.15, -0.1) is 0 Å². The van der Waals surface area contributed by atoms with Crippen molar-refractivity contribution < 1.29 is 22.6 Å². The number of hydrogen-bond donors (Lipinski definition) is 0. The van der Waals surface area contributed by atoms with E-state index in [4.69, 9.17) is 14.2 Å². The lowest BCUT2D eigenvalue weighted by atomic mass is 10.1. The van der Waals surface area contributed by atoms with E-state index in [2.05, 4.69) is 16.0 Å². The predicted molar refractivity (Wildman–Crippen MR) is 146 cm³/mol. The summed E-state index contributed by atoms with van der Waals surface area (Å²) in [5.74, 6) is 2.27. The fourth-order valence-corrected chi connectivity index (χ4v) is 4.90. The highest BCUT2D eigenvalue weighted by Gasteiger charge is 2.28. The molecule has 1 aliphatic rings. The Hall–Kier alpha value is -3.88. The molecule has 4 aromatic rings. The van der Waals surface area contributed by atoms with Crippen molar-refractivity contribution in [2.24, 2.45) is 0 Å². The molecule has 0 aliphatic carbocycles. The van der Waals surface area contributed by atoms with Crippen LogP contribution in [0.4, 0.5) is 0 Å². The molecule has 7 nitrogen and oxygen atoms in total. The lowest BCUT2D eigenvalue weighted by molar-refractivity contribution is 0.0145. The first-order valence-electron chi connectivity index (χ1n) is 12.4. The number of methoxy groups -OCH3 is 1. The Balaban J connectivity index is 1.11. The summed E-state index contributed by atoms with van der Waals surface area (Å²) in [5, 5.41) is 0.0709. The maximum atomic E-state index is 11.6. The molecule has 1 fully saturated rings. The zero-order valence-electron chi connectivity index (χ0n) is 21.4. The van der Waals surface area contributed by atoms with Gasteiger partial charge in [0.2, 0.25) is 0 Å². The summed E-state index contributed by atoms with van der Waals surface area (Å²) in [7, 11) is -1.65. The molecular formula is C30H30N2O5S. The van der Waals surface area contributed by atoms with Gasteiger partial charge in [0.1, 0.15) is 18.5 Å². The highest BCUT2D eigenvalue weighted by atomic mass is 32.2. The Morgan fingerprint density at radius 3 is 2.26 bits per heavy atom. The van der Waals surface area contributed by atoms with Crippen LogP contribution < -0.4 is 14.2 Å². The molecule has 0 N–H and O–H groups in total. The van der Waals surface area contributed by atoms with Gasteiger partial charge in [-0.3, -0.25) is 4.90 Å². The van der Waals surface area contributed by atoms with E-state index < -0.39 is 9.84 Å². The Morgan fingerprint density at radius 2 is 1.61 bits per heavy atom. The highest BCUT2D eigenvalue weighted by Crippen LogP contribution is 2.30. The van der Waals surface area contributed by atoms with Crippen molar-refractivity contribution in [3.8, 4) is 28.4 Å². The number of nitrogens with zero attached hydrogens (tertiary/aromatic N) is 2. The molecule has 8 heteroatoms. The molecule has 2 heterocycles. The largest absolute Gasteiger partial charge is 0.493 e. The van der Waals surface area contributed by atoms with E-state index in [1.54, 1.807) is 19.4 Å². The Morgan fingerprint density at radius 1 is 0.868 bits per heavy atom. The number of sulfone groups is 1. The van der Waals surface area contributed by atoms with Crippen LogP contribution in [0.1, 0.15) is 11.1 Å². The lowest BCUT2D eigenvalue weighted by Gasteiger charge is -2.39. The molecule has 3 aromatic carbocycles. The third-order valence-corrected chi connectivity index (χ3v) is 7.40. The standard InChI is InChI=1S/C30H30N2O5S/c1-35-29-16-23(8-14-28(29)36-21-22-6-4-3-5-7-22)18-32-19-27(20-32)37-26-12-9-24(10-13-26)25-11-15-30(31-17-25)38(2,33)34/h3-17,27H,18-21H2,1-2H3. The Bertz CT molecular complexity index is 1470. The van der Waals surface area contributed by atoms with Crippen LogP contribution in [0.15, 0.2) is 96.2 Å². The number of rotatable bonds is 10. The van der Waals surface area contributed by atoms with E-state index >= 15 is 0 Å². The highest BCUT2D eigenvalue weighted by molar-refractivity contribution is 7.90. The summed E-state index contributed by atoms with van der Waals surface area (Å²) in [6.45, 7) is 2.99. The summed E-state index contributed by atoms with van der Waals surface area (Å²) >= 11 is 0. The van der Waals surface area contributed by atoms with Crippen molar-refractivity contribution in [2.75, 3.05) is 26.5 Å². The smallest absolute Gasteiger partial charge is 0.192 e. The molecule has 5 rings (SSSR count). The van der Waals surface area contributed by atoms with Crippen molar-refractivity contribution in [2.45, 2.75) is 24.3 Å². The maximum Gasteiger partial charge on any atom is 0.192 e. The first-order chi connectivity index (χ1) is 18.4. The van der Waals surface area contributed by atoms with Crippen LogP contribution >= 0.6 is 0 Å². The van der Waals surface area contributed by atoms with E-state index in [0.29, 0.717) is 6.61 Å². The molecule has 0 atom stereocenters. The monoisotopic (exact) mass is 530 g/mol. The molecule has 0 amide bonds. The lowest BCUT2D eigenvalue weighted by Crippen LogP contribution is -2.53. The first kappa shape index (κ1) is 25.8. The first-order valence-corrected chi connectivity index (χ1v) is 14.3. The van der Waals surface area contributed by atoms with Gasteiger partial charge in [-0.1, -0.05) is 48.5 Å². The third-order valence-electron chi connectivity index (χ3n) is 6.40. The SMILES string of the molecule is COc1cc(CN2CC(Oc3ccc(-c4ccc(S(C)(=O)=O)nc4)cc3)C2)ccc1OCc1ccccc1. The van der Waals surface area contributed by atoms with Crippen LogP contribution in [0.5, 0.6) is 17.2 Å².